The maximum absolute atomic E-state index is 12.9. The average Bonchev–Trinajstić information content (AvgIpc) is 3.04. The fraction of sp³-hybridized carbons (Fsp3) is 0.350. The lowest BCUT2D eigenvalue weighted by Gasteiger charge is -2.11. The molecule has 7 heteroatoms. The Labute approximate surface area is 161 Å². The number of aryl methyl sites for hydroxylation is 3. The molecule has 1 amide bonds. The van der Waals surface area contributed by atoms with E-state index in [0.29, 0.717) is 22.8 Å². The molecule has 6 nitrogen and oxygen atoms in total. The number of fused-ring (bicyclic) bond motifs is 3. The second-order valence-electron chi connectivity index (χ2n) is 6.93. The molecule has 4 rings (SSSR count). The summed E-state index contributed by atoms with van der Waals surface area (Å²) in [6, 6.07) is 5.40. The molecular weight excluding hydrogens is 364 g/mol. The second-order valence-corrected chi connectivity index (χ2v) is 7.34. The van der Waals surface area contributed by atoms with Crippen LogP contribution in [0.1, 0.15) is 36.1 Å². The lowest BCUT2D eigenvalue weighted by Crippen LogP contribution is -2.25. The van der Waals surface area contributed by atoms with Gasteiger partial charge in [-0.3, -0.25) is 9.59 Å². The number of carbonyl (C=O) groups is 1. The molecule has 0 aliphatic heterocycles. The zero-order valence-electron chi connectivity index (χ0n) is 15.2. The van der Waals surface area contributed by atoms with E-state index in [0.717, 1.165) is 42.5 Å². The molecular formula is C20H21ClN4O2. The maximum atomic E-state index is 12.9. The highest BCUT2D eigenvalue weighted by Gasteiger charge is 2.19. The number of halogens is 1. The van der Waals surface area contributed by atoms with E-state index in [1.165, 1.54) is 0 Å². The minimum Gasteiger partial charge on any atom is -0.326 e. The van der Waals surface area contributed by atoms with E-state index in [2.05, 4.69) is 10.4 Å². The Morgan fingerprint density at radius 1 is 1.26 bits per heavy atom. The van der Waals surface area contributed by atoms with Crippen molar-refractivity contribution in [3.8, 4) is 0 Å². The Balaban J connectivity index is 1.52. The van der Waals surface area contributed by atoms with Crippen molar-refractivity contribution in [2.24, 2.45) is 0 Å². The quantitative estimate of drug-likeness (QED) is 0.749. The first-order valence-corrected chi connectivity index (χ1v) is 9.57. The zero-order valence-corrected chi connectivity index (χ0v) is 15.9. The number of hydrogen-bond donors (Lipinski definition) is 1. The smallest absolute Gasteiger partial charge is 0.276 e. The van der Waals surface area contributed by atoms with E-state index in [-0.39, 0.29) is 17.9 Å². The lowest BCUT2D eigenvalue weighted by molar-refractivity contribution is -0.116. The summed E-state index contributed by atoms with van der Waals surface area (Å²) in [6.07, 6.45) is 7.74. The van der Waals surface area contributed by atoms with Gasteiger partial charge in [0.25, 0.3) is 5.56 Å². The number of aromatic nitrogens is 3. The first-order valence-electron chi connectivity index (χ1n) is 9.19. The molecule has 140 valence electrons. The van der Waals surface area contributed by atoms with Crippen LogP contribution in [0.5, 0.6) is 0 Å². The molecule has 0 unspecified atom stereocenters. The number of anilines is 1. The van der Waals surface area contributed by atoms with Crippen LogP contribution in [0.15, 0.2) is 35.4 Å². The molecule has 0 atom stereocenters. The van der Waals surface area contributed by atoms with E-state index in [4.69, 9.17) is 11.6 Å². The van der Waals surface area contributed by atoms with Gasteiger partial charge in [-0.2, -0.15) is 5.10 Å². The highest BCUT2D eigenvalue weighted by atomic mass is 35.5. The molecule has 1 aromatic carbocycles. The first kappa shape index (κ1) is 17.8. The number of benzene rings is 1. The SMILES string of the molecule is Cc1c(Cl)cccc1NC(=O)CCn1ccn2nc3c(c2c1=O)CCCC3. The maximum Gasteiger partial charge on any atom is 0.276 e. The molecule has 0 bridgehead atoms. The van der Waals surface area contributed by atoms with Gasteiger partial charge in [0.05, 0.1) is 5.69 Å². The molecule has 0 radical (unpaired) electrons. The van der Waals surface area contributed by atoms with Crippen molar-refractivity contribution >= 4 is 28.7 Å². The van der Waals surface area contributed by atoms with Crippen LogP contribution in [0.3, 0.4) is 0 Å². The molecule has 0 fully saturated rings. The van der Waals surface area contributed by atoms with Crippen molar-refractivity contribution in [3.05, 3.63) is 62.8 Å². The second kappa shape index (κ2) is 7.19. The van der Waals surface area contributed by atoms with E-state index < -0.39 is 0 Å². The molecule has 1 aliphatic rings. The first-order chi connectivity index (χ1) is 13.0. The summed E-state index contributed by atoms with van der Waals surface area (Å²) in [6.45, 7) is 2.18. The summed E-state index contributed by atoms with van der Waals surface area (Å²) in [5, 5.41) is 8.01. The zero-order chi connectivity index (χ0) is 19.0. The van der Waals surface area contributed by atoms with Gasteiger partial charge >= 0.3 is 0 Å². The average molecular weight is 385 g/mol. The molecule has 27 heavy (non-hydrogen) atoms. The lowest BCUT2D eigenvalue weighted by atomic mass is 9.97. The van der Waals surface area contributed by atoms with Gasteiger partial charge in [-0.25, -0.2) is 4.52 Å². The molecule has 1 aliphatic carbocycles. The van der Waals surface area contributed by atoms with Crippen LogP contribution in [-0.4, -0.2) is 20.1 Å². The van der Waals surface area contributed by atoms with Gasteiger partial charge in [0.15, 0.2) is 0 Å². The van der Waals surface area contributed by atoms with E-state index in [1.54, 1.807) is 33.6 Å². The van der Waals surface area contributed by atoms with Crippen LogP contribution < -0.4 is 10.9 Å². The summed E-state index contributed by atoms with van der Waals surface area (Å²) in [7, 11) is 0. The molecule has 0 spiro atoms. The third-order valence-corrected chi connectivity index (χ3v) is 5.56. The highest BCUT2D eigenvalue weighted by molar-refractivity contribution is 6.31. The van der Waals surface area contributed by atoms with E-state index in [9.17, 15) is 9.59 Å². The number of nitrogens with one attached hydrogen (secondary N) is 1. The fourth-order valence-corrected chi connectivity index (χ4v) is 3.78. The third kappa shape index (κ3) is 3.37. The fourth-order valence-electron chi connectivity index (χ4n) is 3.61. The summed E-state index contributed by atoms with van der Waals surface area (Å²) < 4.78 is 3.28. The van der Waals surface area contributed by atoms with Crippen molar-refractivity contribution in [1.82, 2.24) is 14.2 Å². The number of carbonyl (C=O) groups excluding carboxylic acids is 1. The van der Waals surface area contributed by atoms with Crippen molar-refractivity contribution in [2.45, 2.75) is 45.6 Å². The minimum absolute atomic E-state index is 0.0834. The summed E-state index contributed by atoms with van der Waals surface area (Å²) in [4.78, 5) is 25.2. The Kier molecular flexibility index (Phi) is 4.74. The van der Waals surface area contributed by atoms with Crippen LogP contribution in [0, 0.1) is 6.92 Å². The standard InChI is InChI=1S/C20H21ClN4O2/c1-13-15(21)6-4-8-16(13)22-18(26)9-10-24-11-12-25-19(20(24)27)14-5-2-3-7-17(14)23-25/h4,6,8,11-12H,2-3,5,7,9-10H2,1H3,(H,22,26). The van der Waals surface area contributed by atoms with E-state index >= 15 is 0 Å². The molecule has 0 saturated carbocycles. The van der Waals surface area contributed by atoms with Crippen molar-refractivity contribution in [3.63, 3.8) is 0 Å². The van der Waals surface area contributed by atoms with Gasteiger partial charge in [0.1, 0.15) is 5.52 Å². The van der Waals surface area contributed by atoms with Crippen molar-refractivity contribution < 1.29 is 4.79 Å². The normalized spacial score (nSPS) is 13.6. The van der Waals surface area contributed by atoms with Crippen LogP contribution in [0.25, 0.3) is 5.52 Å². The van der Waals surface area contributed by atoms with Crippen LogP contribution >= 0.6 is 11.6 Å². The number of rotatable bonds is 4. The van der Waals surface area contributed by atoms with Gasteiger partial charge in [-0.15, -0.1) is 0 Å². The summed E-state index contributed by atoms with van der Waals surface area (Å²) in [5.74, 6) is -0.150. The summed E-state index contributed by atoms with van der Waals surface area (Å²) >= 11 is 6.09. The molecule has 0 saturated heterocycles. The van der Waals surface area contributed by atoms with Crippen molar-refractivity contribution in [2.75, 3.05) is 5.32 Å². The van der Waals surface area contributed by atoms with Gasteiger partial charge in [0, 0.05) is 41.6 Å². The topological polar surface area (TPSA) is 68.4 Å². The number of nitrogens with zero attached hydrogens (tertiary/aromatic N) is 3. The largest absolute Gasteiger partial charge is 0.326 e. The van der Waals surface area contributed by atoms with Crippen LogP contribution in [0.2, 0.25) is 5.02 Å². The molecule has 2 aromatic heterocycles. The third-order valence-electron chi connectivity index (χ3n) is 5.15. The minimum atomic E-state index is -0.150. The van der Waals surface area contributed by atoms with Crippen LogP contribution in [0.4, 0.5) is 5.69 Å². The Hall–Kier alpha value is -2.60. The Morgan fingerprint density at radius 3 is 2.93 bits per heavy atom. The predicted octanol–water partition coefficient (Wildman–Crippen LogP) is 3.37. The monoisotopic (exact) mass is 384 g/mol. The van der Waals surface area contributed by atoms with Gasteiger partial charge < -0.3 is 9.88 Å². The predicted molar refractivity (Wildman–Crippen MR) is 106 cm³/mol. The van der Waals surface area contributed by atoms with Crippen LogP contribution in [-0.2, 0) is 24.2 Å². The molecule has 1 N–H and O–H groups in total. The summed E-state index contributed by atoms with van der Waals surface area (Å²) in [5.41, 5.74) is 4.19. The van der Waals surface area contributed by atoms with Gasteiger partial charge in [-0.05, 0) is 50.3 Å². The van der Waals surface area contributed by atoms with Crippen molar-refractivity contribution in [1.29, 1.82) is 0 Å². The van der Waals surface area contributed by atoms with Gasteiger partial charge in [0.2, 0.25) is 5.91 Å². The highest BCUT2D eigenvalue weighted by Crippen LogP contribution is 2.24. The van der Waals surface area contributed by atoms with Gasteiger partial charge in [-0.1, -0.05) is 17.7 Å². The molecule has 3 aromatic rings. The number of hydrogen-bond acceptors (Lipinski definition) is 3. The Morgan fingerprint density at radius 2 is 2.07 bits per heavy atom. The van der Waals surface area contributed by atoms with E-state index in [1.807, 2.05) is 13.0 Å². The Bertz CT molecular complexity index is 1080. The molecule has 2 heterocycles. The number of amides is 1.